The van der Waals surface area contributed by atoms with Crippen molar-refractivity contribution in [2.45, 2.75) is 39.0 Å². The van der Waals surface area contributed by atoms with E-state index in [4.69, 9.17) is 5.11 Å². The van der Waals surface area contributed by atoms with Crippen molar-refractivity contribution in [3.8, 4) is 0 Å². The van der Waals surface area contributed by atoms with Crippen LogP contribution < -0.4 is 5.32 Å². The average molecular weight is 323 g/mol. The van der Waals surface area contributed by atoms with Crippen LogP contribution in [0.4, 0.5) is 8.78 Å². The Kier molecular flexibility index (Phi) is 5.44. The Labute approximate surface area is 133 Å². The van der Waals surface area contributed by atoms with Gasteiger partial charge in [0, 0.05) is 25.5 Å². The first-order valence-electron chi connectivity index (χ1n) is 7.35. The zero-order chi connectivity index (χ0) is 16.9. The predicted octanol–water partition coefficient (Wildman–Crippen LogP) is 2.19. The van der Waals surface area contributed by atoms with E-state index in [0.29, 0.717) is 24.1 Å². The van der Waals surface area contributed by atoms with Crippen LogP contribution in [-0.2, 0) is 30.4 Å². The van der Waals surface area contributed by atoms with E-state index in [1.54, 1.807) is 24.3 Å². The van der Waals surface area contributed by atoms with Crippen LogP contribution in [0.2, 0.25) is 0 Å². The molecule has 0 saturated carbocycles. The molecule has 1 aromatic carbocycles. The molecule has 1 amide bonds. The second-order valence-corrected chi connectivity index (χ2v) is 5.18. The van der Waals surface area contributed by atoms with Crippen molar-refractivity contribution in [1.29, 1.82) is 0 Å². The van der Waals surface area contributed by atoms with Crippen molar-refractivity contribution in [1.82, 2.24) is 14.9 Å². The van der Waals surface area contributed by atoms with Gasteiger partial charge in [-0.15, -0.1) is 0 Å². The van der Waals surface area contributed by atoms with Crippen molar-refractivity contribution in [2.75, 3.05) is 0 Å². The topological polar surface area (TPSA) is 67.2 Å². The summed E-state index contributed by atoms with van der Waals surface area (Å²) in [6, 6.07) is 6.74. The average Bonchev–Trinajstić information content (AvgIpc) is 3.02. The number of rotatable bonds is 7. The number of aryl methyl sites for hydroxylation is 1. The third kappa shape index (κ3) is 3.92. The second kappa shape index (κ2) is 7.32. The molecular weight excluding hydrogens is 304 g/mol. The van der Waals surface area contributed by atoms with E-state index >= 15 is 0 Å². The van der Waals surface area contributed by atoms with Gasteiger partial charge in [-0.1, -0.05) is 31.2 Å². The minimum absolute atomic E-state index is 0.0449. The maximum atomic E-state index is 14.3. The highest BCUT2D eigenvalue weighted by Gasteiger charge is 2.44. The fourth-order valence-corrected chi connectivity index (χ4v) is 2.24. The van der Waals surface area contributed by atoms with E-state index in [1.807, 2.05) is 6.92 Å². The molecule has 0 fully saturated rings. The molecule has 0 aliphatic rings. The molecule has 2 N–H and O–H groups in total. The number of halogens is 2. The third-order valence-corrected chi connectivity index (χ3v) is 3.37. The SMILES string of the molecule is CCCn1ccnc1C(F)(F)C(=O)NCc1cccc(CO)c1. The lowest BCUT2D eigenvalue weighted by molar-refractivity contribution is -0.148. The van der Waals surface area contributed by atoms with Gasteiger partial charge in [-0.25, -0.2) is 4.98 Å². The minimum Gasteiger partial charge on any atom is -0.392 e. The Morgan fingerprint density at radius 1 is 1.39 bits per heavy atom. The number of hydrogen-bond acceptors (Lipinski definition) is 3. The number of alkyl halides is 2. The Morgan fingerprint density at radius 3 is 2.83 bits per heavy atom. The number of nitrogens with zero attached hydrogens (tertiary/aromatic N) is 2. The molecular formula is C16H19F2N3O2. The summed E-state index contributed by atoms with van der Waals surface area (Å²) < 4.78 is 29.8. The minimum atomic E-state index is -3.70. The highest BCUT2D eigenvalue weighted by Crippen LogP contribution is 2.27. The van der Waals surface area contributed by atoms with Crippen LogP contribution in [0.25, 0.3) is 0 Å². The van der Waals surface area contributed by atoms with Gasteiger partial charge in [-0.05, 0) is 17.5 Å². The molecule has 0 saturated heterocycles. The molecule has 1 heterocycles. The lowest BCUT2D eigenvalue weighted by atomic mass is 10.1. The molecule has 1 aromatic heterocycles. The number of nitrogens with one attached hydrogen (secondary N) is 1. The summed E-state index contributed by atoms with van der Waals surface area (Å²) in [5.74, 6) is -5.65. The number of hydrogen-bond donors (Lipinski definition) is 2. The maximum Gasteiger partial charge on any atom is 0.381 e. The smallest absolute Gasteiger partial charge is 0.381 e. The molecule has 2 rings (SSSR count). The number of amides is 1. The molecule has 0 aliphatic carbocycles. The van der Waals surface area contributed by atoms with Crippen LogP contribution in [0.5, 0.6) is 0 Å². The van der Waals surface area contributed by atoms with Crippen LogP contribution in [0.15, 0.2) is 36.7 Å². The van der Waals surface area contributed by atoms with Crippen molar-refractivity contribution in [3.05, 3.63) is 53.6 Å². The maximum absolute atomic E-state index is 14.3. The summed E-state index contributed by atoms with van der Waals surface area (Å²) in [6.45, 7) is 2.04. The first-order valence-corrected chi connectivity index (χ1v) is 7.35. The summed E-state index contributed by atoms with van der Waals surface area (Å²) in [5.41, 5.74) is 1.29. The molecule has 0 spiro atoms. The van der Waals surface area contributed by atoms with E-state index < -0.39 is 17.7 Å². The first kappa shape index (κ1) is 17.1. The summed E-state index contributed by atoms with van der Waals surface area (Å²) in [4.78, 5) is 15.5. The Bertz CT molecular complexity index is 671. The van der Waals surface area contributed by atoms with E-state index in [0.717, 1.165) is 0 Å². The number of carbonyl (C=O) groups is 1. The normalized spacial score (nSPS) is 11.5. The second-order valence-electron chi connectivity index (χ2n) is 5.18. The van der Waals surface area contributed by atoms with E-state index in [1.165, 1.54) is 17.0 Å². The molecule has 23 heavy (non-hydrogen) atoms. The standard InChI is InChI=1S/C16H19F2N3O2/c1-2-7-21-8-6-19-14(21)16(17,18)15(23)20-10-12-4-3-5-13(9-12)11-22/h3-6,8-9,22H,2,7,10-11H2,1H3,(H,20,23). The Morgan fingerprint density at radius 2 is 2.13 bits per heavy atom. The van der Waals surface area contributed by atoms with Gasteiger partial charge in [0.15, 0.2) is 5.82 Å². The number of carbonyl (C=O) groups excluding carboxylic acids is 1. The quantitative estimate of drug-likeness (QED) is 0.821. The van der Waals surface area contributed by atoms with E-state index in [2.05, 4.69) is 10.3 Å². The summed E-state index contributed by atoms with van der Waals surface area (Å²) in [5, 5.41) is 11.3. The fourth-order valence-electron chi connectivity index (χ4n) is 2.24. The van der Waals surface area contributed by atoms with Gasteiger partial charge in [0.05, 0.1) is 6.61 Å². The monoisotopic (exact) mass is 323 g/mol. The third-order valence-electron chi connectivity index (χ3n) is 3.37. The van der Waals surface area contributed by atoms with Gasteiger partial charge in [-0.3, -0.25) is 4.79 Å². The van der Waals surface area contributed by atoms with Gasteiger partial charge < -0.3 is 15.0 Å². The number of benzene rings is 1. The summed E-state index contributed by atoms with van der Waals surface area (Å²) >= 11 is 0. The van der Waals surface area contributed by atoms with Crippen molar-refractivity contribution in [3.63, 3.8) is 0 Å². The highest BCUT2D eigenvalue weighted by atomic mass is 19.3. The first-order chi connectivity index (χ1) is 11.0. The number of aliphatic hydroxyl groups is 1. The number of aromatic nitrogens is 2. The van der Waals surface area contributed by atoms with Crippen LogP contribution in [-0.4, -0.2) is 20.6 Å². The molecule has 0 unspecified atom stereocenters. The molecule has 2 aromatic rings. The predicted molar refractivity (Wildman–Crippen MR) is 80.6 cm³/mol. The molecule has 124 valence electrons. The Balaban J connectivity index is 2.07. The summed E-state index contributed by atoms with van der Waals surface area (Å²) in [6.07, 6.45) is 3.36. The van der Waals surface area contributed by atoms with E-state index in [-0.39, 0.29) is 13.2 Å². The van der Waals surface area contributed by atoms with Gasteiger partial charge in [0.2, 0.25) is 0 Å². The van der Waals surface area contributed by atoms with Crippen molar-refractivity contribution in [2.24, 2.45) is 0 Å². The zero-order valence-corrected chi connectivity index (χ0v) is 12.8. The molecule has 7 heteroatoms. The van der Waals surface area contributed by atoms with Crippen LogP contribution >= 0.6 is 0 Å². The molecule has 0 aliphatic heterocycles. The molecule has 0 bridgehead atoms. The van der Waals surface area contributed by atoms with Crippen LogP contribution in [0.3, 0.4) is 0 Å². The van der Waals surface area contributed by atoms with Gasteiger partial charge >= 0.3 is 5.92 Å². The fraction of sp³-hybridized carbons (Fsp3) is 0.375. The molecule has 0 radical (unpaired) electrons. The summed E-state index contributed by atoms with van der Waals surface area (Å²) in [7, 11) is 0. The lowest BCUT2D eigenvalue weighted by Crippen LogP contribution is -2.39. The van der Waals surface area contributed by atoms with Crippen molar-refractivity contribution >= 4 is 5.91 Å². The molecule has 5 nitrogen and oxygen atoms in total. The zero-order valence-electron chi connectivity index (χ0n) is 12.8. The highest BCUT2D eigenvalue weighted by molar-refractivity contribution is 5.83. The number of aliphatic hydroxyl groups excluding tert-OH is 1. The van der Waals surface area contributed by atoms with Crippen LogP contribution in [0, 0.1) is 0 Å². The van der Waals surface area contributed by atoms with Gasteiger partial charge in [-0.2, -0.15) is 8.78 Å². The largest absolute Gasteiger partial charge is 0.392 e. The van der Waals surface area contributed by atoms with Crippen molar-refractivity contribution < 1.29 is 18.7 Å². The number of imidazole rings is 1. The van der Waals surface area contributed by atoms with Crippen LogP contribution in [0.1, 0.15) is 30.3 Å². The Hall–Kier alpha value is -2.28. The lowest BCUT2D eigenvalue weighted by Gasteiger charge is -2.17. The van der Waals surface area contributed by atoms with E-state index in [9.17, 15) is 13.6 Å². The molecule has 0 atom stereocenters. The van der Waals surface area contributed by atoms with Gasteiger partial charge in [0.1, 0.15) is 0 Å². The van der Waals surface area contributed by atoms with Gasteiger partial charge in [0.25, 0.3) is 5.91 Å².